The van der Waals surface area contributed by atoms with Gasteiger partial charge in [-0.15, -0.1) is 0 Å². The van der Waals surface area contributed by atoms with Gasteiger partial charge < -0.3 is 15.0 Å². The normalized spacial score (nSPS) is 14.5. The Balaban J connectivity index is 1.57. The van der Waals surface area contributed by atoms with Crippen molar-refractivity contribution in [2.24, 2.45) is 0 Å². The van der Waals surface area contributed by atoms with E-state index in [0.717, 1.165) is 48.4 Å². The maximum Gasteiger partial charge on any atom is 0.219 e. The van der Waals surface area contributed by atoms with Crippen LogP contribution in [0.3, 0.4) is 0 Å². The zero-order chi connectivity index (χ0) is 21.1. The number of rotatable bonds is 5. The predicted molar refractivity (Wildman–Crippen MR) is 113 cm³/mol. The number of carbonyl (C=O) groups is 1. The van der Waals surface area contributed by atoms with E-state index in [-0.39, 0.29) is 5.91 Å². The fourth-order valence-electron chi connectivity index (χ4n) is 3.83. The Morgan fingerprint density at radius 1 is 1.33 bits per heavy atom. The molecule has 4 rings (SSSR count). The molecule has 154 valence electrons. The number of nitrogens with zero attached hydrogens (tertiary/aromatic N) is 5. The summed E-state index contributed by atoms with van der Waals surface area (Å²) in [7, 11) is 0. The highest BCUT2D eigenvalue weighted by atomic mass is 16.5. The van der Waals surface area contributed by atoms with Gasteiger partial charge in [-0.3, -0.25) is 4.79 Å². The zero-order valence-corrected chi connectivity index (χ0v) is 17.1. The summed E-state index contributed by atoms with van der Waals surface area (Å²) < 4.78 is 7.34. The number of ether oxygens (including phenoxy) is 1. The molecule has 4 heterocycles. The first-order valence-corrected chi connectivity index (χ1v) is 10.1. The van der Waals surface area contributed by atoms with Gasteiger partial charge in [0.15, 0.2) is 0 Å². The van der Waals surface area contributed by atoms with E-state index in [1.807, 2.05) is 30.0 Å². The average Bonchev–Trinajstić information content (AvgIpc) is 3.17. The Hall–Kier alpha value is -3.60. The summed E-state index contributed by atoms with van der Waals surface area (Å²) in [5.74, 6) is 1.62. The van der Waals surface area contributed by atoms with Crippen molar-refractivity contribution in [2.45, 2.75) is 32.7 Å². The topological polar surface area (TPSA) is 95.5 Å². The van der Waals surface area contributed by atoms with E-state index < -0.39 is 0 Å². The molecule has 30 heavy (non-hydrogen) atoms. The second-order valence-corrected chi connectivity index (χ2v) is 7.34. The summed E-state index contributed by atoms with van der Waals surface area (Å²) >= 11 is 0. The maximum atomic E-state index is 11.5. The van der Waals surface area contributed by atoms with Crippen molar-refractivity contribution in [1.82, 2.24) is 19.5 Å². The number of piperidine rings is 1. The van der Waals surface area contributed by atoms with Crippen molar-refractivity contribution < 1.29 is 9.53 Å². The molecule has 1 N–H and O–H groups in total. The van der Waals surface area contributed by atoms with Crippen molar-refractivity contribution in [1.29, 1.82) is 5.26 Å². The summed E-state index contributed by atoms with van der Waals surface area (Å²) in [6.07, 6.45) is 6.94. The second kappa shape index (κ2) is 8.41. The van der Waals surface area contributed by atoms with Gasteiger partial charge in [0.1, 0.15) is 17.6 Å². The summed E-state index contributed by atoms with van der Waals surface area (Å²) in [6, 6.07) is 8.35. The number of amides is 1. The summed E-state index contributed by atoms with van der Waals surface area (Å²) in [5.41, 5.74) is 2.98. The van der Waals surface area contributed by atoms with Crippen molar-refractivity contribution in [2.75, 3.05) is 25.0 Å². The highest BCUT2D eigenvalue weighted by Crippen LogP contribution is 2.31. The Kier molecular flexibility index (Phi) is 5.53. The molecule has 1 fully saturated rings. The first-order valence-electron chi connectivity index (χ1n) is 10.1. The molecule has 0 aromatic carbocycles. The number of pyridine rings is 2. The van der Waals surface area contributed by atoms with Crippen LogP contribution in [0, 0.1) is 11.3 Å². The number of carbonyl (C=O) groups excluding carboxylic acids is 1. The number of likely N-dealkylation sites (tertiary alicyclic amines) is 1. The molecule has 3 aromatic heterocycles. The molecule has 0 atom stereocenters. The molecule has 3 aromatic rings. The molecule has 0 spiro atoms. The van der Waals surface area contributed by atoms with Crippen molar-refractivity contribution >= 4 is 17.2 Å². The number of anilines is 1. The Morgan fingerprint density at radius 2 is 2.13 bits per heavy atom. The van der Waals surface area contributed by atoms with E-state index >= 15 is 0 Å². The molecular formula is C22H24N6O2. The SMILES string of the molecule is CCOc1cc(-c2ccc(NC3CCN(C(C)=O)CC3)nc2)c2c(C#N)cnn2c1. The highest BCUT2D eigenvalue weighted by molar-refractivity contribution is 5.85. The third-order valence-corrected chi connectivity index (χ3v) is 5.38. The van der Waals surface area contributed by atoms with Crippen LogP contribution in [-0.4, -0.2) is 51.1 Å². The van der Waals surface area contributed by atoms with E-state index in [1.54, 1.807) is 30.0 Å². The summed E-state index contributed by atoms with van der Waals surface area (Å²) in [4.78, 5) is 17.9. The summed E-state index contributed by atoms with van der Waals surface area (Å²) in [5, 5.41) is 17.2. The molecular weight excluding hydrogens is 380 g/mol. The fraction of sp³-hybridized carbons (Fsp3) is 0.364. The number of nitrogens with one attached hydrogen (secondary N) is 1. The lowest BCUT2D eigenvalue weighted by Gasteiger charge is -2.31. The van der Waals surface area contributed by atoms with Gasteiger partial charge in [0.25, 0.3) is 0 Å². The maximum absolute atomic E-state index is 11.5. The highest BCUT2D eigenvalue weighted by Gasteiger charge is 2.21. The van der Waals surface area contributed by atoms with Gasteiger partial charge in [-0.1, -0.05) is 0 Å². The third-order valence-electron chi connectivity index (χ3n) is 5.38. The van der Waals surface area contributed by atoms with Gasteiger partial charge >= 0.3 is 0 Å². The van der Waals surface area contributed by atoms with Crippen LogP contribution in [0.2, 0.25) is 0 Å². The number of fused-ring (bicyclic) bond motifs is 1. The van der Waals surface area contributed by atoms with E-state index in [9.17, 15) is 10.1 Å². The molecule has 1 aliphatic rings. The van der Waals surface area contributed by atoms with E-state index in [4.69, 9.17) is 4.74 Å². The molecule has 0 aliphatic carbocycles. The lowest BCUT2D eigenvalue weighted by Crippen LogP contribution is -2.41. The van der Waals surface area contributed by atoms with Crippen LogP contribution in [0.25, 0.3) is 16.6 Å². The van der Waals surface area contributed by atoms with Crippen molar-refractivity contribution in [3.63, 3.8) is 0 Å². The minimum absolute atomic E-state index is 0.133. The molecule has 1 saturated heterocycles. The monoisotopic (exact) mass is 404 g/mol. The van der Waals surface area contributed by atoms with Crippen LogP contribution in [0.15, 0.2) is 36.8 Å². The Morgan fingerprint density at radius 3 is 2.77 bits per heavy atom. The number of hydrogen-bond donors (Lipinski definition) is 1. The molecule has 0 saturated carbocycles. The van der Waals surface area contributed by atoms with Crippen LogP contribution in [-0.2, 0) is 4.79 Å². The van der Waals surface area contributed by atoms with E-state index in [1.165, 1.54) is 0 Å². The first-order chi connectivity index (χ1) is 14.6. The standard InChI is InChI=1S/C22H24N6O2/c1-3-30-19-10-20(22-17(11-23)13-25-28(22)14-19)16-4-5-21(24-12-16)26-18-6-8-27(9-7-18)15(2)29/h4-5,10,12-14,18H,3,6-9H2,1-2H3,(H,24,26). The van der Waals surface area contributed by atoms with Gasteiger partial charge in [-0.2, -0.15) is 10.4 Å². The van der Waals surface area contributed by atoms with Crippen molar-refractivity contribution in [3.8, 4) is 22.9 Å². The molecule has 0 radical (unpaired) electrons. The molecule has 8 heteroatoms. The van der Waals surface area contributed by atoms with Crippen LogP contribution >= 0.6 is 0 Å². The third kappa shape index (κ3) is 3.92. The van der Waals surface area contributed by atoms with Crippen LogP contribution in [0.4, 0.5) is 5.82 Å². The van der Waals surface area contributed by atoms with Crippen LogP contribution < -0.4 is 10.1 Å². The predicted octanol–water partition coefficient (Wildman–Crippen LogP) is 3.09. The van der Waals surface area contributed by atoms with Crippen LogP contribution in [0.1, 0.15) is 32.3 Å². The molecule has 1 aliphatic heterocycles. The van der Waals surface area contributed by atoms with Gasteiger partial charge in [0.2, 0.25) is 5.91 Å². The Bertz CT molecular complexity index is 1090. The first kappa shape index (κ1) is 19.7. The molecule has 0 unspecified atom stereocenters. The fourth-order valence-corrected chi connectivity index (χ4v) is 3.83. The summed E-state index contributed by atoms with van der Waals surface area (Å²) in [6.45, 7) is 5.62. The largest absolute Gasteiger partial charge is 0.492 e. The molecule has 8 nitrogen and oxygen atoms in total. The van der Waals surface area contributed by atoms with Crippen molar-refractivity contribution in [3.05, 3.63) is 42.4 Å². The number of aromatic nitrogens is 3. The zero-order valence-electron chi connectivity index (χ0n) is 17.1. The van der Waals surface area contributed by atoms with Crippen LogP contribution in [0.5, 0.6) is 5.75 Å². The smallest absolute Gasteiger partial charge is 0.219 e. The number of hydrogen-bond acceptors (Lipinski definition) is 6. The van der Waals surface area contributed by atoms with E-state index in [0.29, 0.717) is 24.0 Å². The van der Waals surface area contributed by atoms with Gasteiger partial charge in [0, 0.05) is 43.4 Å². The average molecular weight is 404 g/mol. The molecule has 1 amide bonds. The lowest BCUT2D eigenvalue weighted by atomic mass is 10.0. The van der Waals surface area contributed by atoms with E-state index in [2.05, 4.69) is 21.5 Å². The van der Waals surface area contributed by atoms with Gasteiger partial charge in [0.05, 0.1) is 30.1 Å². The quantitative estimate of drug-likeness (QED) is 0.702. The lowest BCUT2D eigenvalue weighted by molar-refractivity contribution is -0.129. The van der Waals surface area contributed by atoms with Gasteiger partial charge in [-0.25, -0.2) is 9.50 Å². The minimum Gasteiger partial charge on any atom is -0.492 e. The molecule has 0 bridgehead atoms. The Labute approximate surface area is 175 Å². The number of nitriles is 1. The second-order valence-electron chi connectivity index (χ2n) is 7.34. The van der Waals surface area contributed by atoms with Gasteiger partial charge in [-0.05, 0) is 38.0 Å². The minimum atomic E-state index is 0.133.